The molecule has 4 aromatic heterocycles. The molecule has 2 aliphatic rings. The van der Waals surface area contributed by atoms with Gasteiger partial charge in [-0.3, -0.25) is 56.4 Å². The first kappa shape index (κ1) is 61.5. The zero-order chi connectivity index (χ0) is 55.3. The van der Waals surface area contributed by atoms with Crippen LogP contribution in [0.5, 0.6) is 0 Å². The van der Waals surface area contributed by atoms with Gasteiger partial charge in [-0.05, 0) is 86.0 Å². The number of amides is 4. The Labute approximate surface area is 463 Å². The van der Waals surface area contributed by atoms with E-state index in [-0.39, 0.29) is 100 Å². The second-order valence-corrected chi connectivity index (χ2v) is 20.0. The number of aromatic nitrogens is 4. The van der Waals surface area contributed by atoms with Crippen LogP contribution in [0.3, 0.4) is 0 Å². The molecule has 4 amide bonds. The number of ether oxygens (including phenoxy) is 1. The van der Waals surface area contributed by atoms with Gasteiger partial charge >= 0.3 is 0 Å². The van der Waals surface area contributed by atoms with Crippen molar-refractivity contribution in [3.8, 4) is 33.9 Å². The maximum absolute atomic E-state index is 13.6. The minimum absolute atomic E-state index is 0. The molecule has 2 atom stereocenters. The van der Waals surface area contributed by atoms with E-state index in [9.17, 15) is 50.0 Å². The Morgan fingerprint density at radius 2 is 1.33 bits per heavy atom. The summed E-state index contributed by atoms with van der Waals surface area (Å²) in [5, 5.41) is 5.47. The predicted octanol–water partition coefficient (Wildman–Crippen LogP) is 7.04. The summed E-state index contributed by atoms with van der Waals surface area (Å²) in [5.74, 6) is -5.68. The van der Waals surface area contributed by atoms with Crippen molar-refractivity contribution in [1.29, 1.82) is 0 Å². The molecular weight excluding hydrogens is 1210 g/mol. The molecule has 0 saturated carbocycles. The number of imide groups is 1. The fourth-order valence-corrected chi connectivity index (χ4v) is 9.13. The molecule has 1 radical (unpaired) electrons. The summed E-state index contributed by atoms with van der Waals surface area (Å²) in [5.41, 5.74) is 4.54. The number of carbonyl (C=O) groups excluding carboxylic acids is 5. The number of Topliss-reactive ketones (excluding diaryl/α,β-unsaturated/α-hetero) is 1. The van der Waals surface area contributed by atoms with E-state index in [2.05, 4.69) is 42.7 Å². The number of halogens is 4. The van der Waals surface area contributed by atoms with E-state index >= 15 is 0 Å². The molecule has 8 rings (SSSR count). The fourth-order valence-electron chi connectivity index (χ4n) is 8.13. The van der Waals surface area contributed by atoms with Crippen molar-refractivity contribution in [1.82, 2.24) is 35.5 Å². The van der Waals surface area contributed by atoms with Crippen LogP contribution in [0.2, 0.25) is 0 Å². The van der Waals surface area contributed by atoms with Crippen LogP contribution in [0.25, 0.3) is 33.9 Å². The molecule has 16 nitrogen and oxygen atoms in total. The normalized spacial score (nSPS) is 14.1. The van der Waals surface area contributed by atoms with E-state index in [1.54, 1.807) is 61.2 Å². The topological polar surface area (TPSA) is 211 Å². The van der Waals surface area contributed by atoms with Crippen molar-refractivity contribution in [2.24, 2.45) is 5.92 Å². The number of ketones is 1. The molecule has 0 bridgehead atoms. The molecule has 413 valence electrons. The number of aryl methyl sites for hydroxylation is 1. The fraction of sp³-hybridized carbons (Fsp3) is 0.304. The van der Waals surface area contributed by atoms with Crippen molar-refractivity contribution >= 4 is 44.9 Å². The van der Waals surface area contributed by atoms with Crippen LogP contribution in [-0.4, -0.2) is 120 Å². The minimum Gasteiger partial charge on any atom is -0.378 e. The van der Waals surface area contributed by atoms with Gasteiger partial charge in [0.15, 0.2) is 5.78 Å². The van der Waals surface area contributed by atoms with Gasteiger partial charge in [0.25, 0.3) is 11.8 Å². The van der Waals surface area contributed by atoms with E-state index in [0.717, 1.165) is 58.8 Å². The Hall–Kier alpha value is -7.39. The summed E-state index contributed by atoms with van der Waals surface area (Å²) in [6, 6.07) is 26.1. The van der Waals surface area contributed by atoms with Gasteiger partial charge in [0, 0.05) is 125 Å². The molecule has 78 heavy (non-hydrogen) atoms. The van der Waals surface area contributed by atoms with Gasteiger partial charge in [0.05, 0.1) is 48.9 Å². The van der Waals surface area contributed by atoms with E-state index in [1.807, 2.05) is 36.1 Å². The van der Waals surface area contributed by atoms with Gasteiger partial charge in [-0.2, -0.15) is 0 Å². The van der Waals surface area contributed by atoms with Crippen molar-refractivity contribution < 1.29 is 74.8 Å². The van der Waals surface area contributed by atoms with E-state index < -0.39 is 56.7 Å². The summed E-state index contributed by atoms with van der Waals surface area (Å²) in [4.78, 5) is 81.7. The van der Waals surface area contributed by atoms with Crippen LogP contribution in [-0.2, 0) is 58.7 Å². The number of sulfone groups is 1. The summed E-state index contributed by atoms with van der Waals surface area (Å²) in [6.45, 7) is 3.64. The molecule has 0 spiro atoms. The molecule has 1 saturated heterocycles. The Kier molecular flexibility index (Phi) is 24.1. The maximum Gasteiger partial charge on any atom is 0.253 e. The number of pyridine rings is 4. The Morgan fingerprint density at radius 3 is 1.90 bits per heavy atom. The SMILES string of the molecule is Cc1ccnc(-c2cc(N3CCCC3C(=O)CC(CS(C)(=O)=O)C(=O)NCCCCC(=O)NCCOCCN3C(=O)C=CC3=O)ccn2)c1.Fc1c[c-]c(-c2ccccn2)c(F)c1.Fc1c[c-]c(-c2ccccn2)c(F)c1.[Ir]. The standard InChI is InChI=1S/C34H44N6O8S.2C11H6F2N.Ir/c1-24-10-13-35-27(20-24)28-22-26(11-14-36-28)39-16-5-6-29(39)30(41)21-25(23-49(2,46)47)34(45)38-12-4-3-7-31(42)37-15-18-48-19-17-40-32(43)8-9-33(40)44;2*12-8-4-5-9(10(13)7-8)11-3-1-2-6-14-11;/h8-11,13-14,20,22,25,29H,3-7,12,15-19,21,23H2,1-2H3,(H,37,42)(H,38,45);2*1-4,6-7H;/q;2*-1;. The first-order valence-electron chi connectivity index (χ1n) is 24.5. The van der Waals surface area contributed by atoms with Crippen molar-refractivity contribution in [2.75, 3.05) is 56.3 Å². The third kappa shape index (κ3) is 19.3. The number of rotatable bonds is 21. The Balaban J connectivity index is 0.000000309. The van der Waals surface area contributed by atoms with Crippen LogP contribution < -0.4 is 15.5 Å². The first-order valence-corrected chi connectivity index (χ1v) is 26.6. The van der Waals surface area contributed by atoms with Crippen LogP contribution >= 0.6 is 0 Å². The number of hydrogen-bond acceptors (Lipinski definition) is 13. The van der Waals surface area contributed by atoms with E-state index in [4.69, 9.17) is 4.74 Å². The smallest absolute Gasteiger partial charge is 0.253 e. The molecule has 6 heterocycles. The molecule has 0 aliphatic carbocycles. The van der Waals surface area contributed by atoms with Crippen LogP contribution in [0.15, 0.2) is 122 Å². The summed E-state index contributed by atoms with van der Waals surface area (Å²) in [6.07, 6.45) is 12.3. The third-order valence-electron chi connectivity index (χ3n) is 11.8. The number of nitrogens with zero attached hydrogens (tertiary/aromatic N) is 6. The van der Waals surface area contributed by atoms with Crippen molar-refractivity contribution in [3.05, 3.63) is 163 Å². The monoisotopic (exact) mass is 1270 g/mol. The first-order chi connectivity index (χ1) is 36.9. The third-order valence-corrected chi connectivity index (χ3v) is 12.8. The van der Waals surface area contributed by atoms with Gasteiger partial charge in [0.1, 0.15) is 9.84 Å². The number of carbonyl (C=O) groups is 5. The molecule has 2 unspecified atom stereocenters. The average molecular weight is 1270 g/mol. The van der Waals surface area contributed by atoms with Gasteiger partial charge in [-0.25, -0.2) is 8.42 Å². The minimum atomic E-state index is -3.55. The zero-order valence-corrected chi connectivity index (χ0v) is 45.8. The zero-order valence-electron chi connectivity index (χ0n) is 42.6. The second-order valence-electron chi connectivity index (χ2n) is 17.8. The molecule has 1 fully saturated rings. The summed E-state index contributed by atoms with van der Waals surface area (Å²) >= 11 is 0. The maximum atomic E-state index is 13.6. The van der Waals surface area contributed by atoms with E-state index in [1.165, 1.54) is 12.2 Å². The largest absolute Gasteiger partial charge is 0.378 e. The van der Waals surface area contributed by atoms with E-state index in [0.29, 0.717) is 42.9 Å². The number of unbranched alkanes of at least 4 members (excludes halogenated alkanes) is 1. The number of nitrogens with one attached hydrogen (secondary N) is 2. The molecule has 22 heteroatoms. The summed E-state index contributed by atoms with van der Waals surface area (Å²) < 4.78 is 81.4. The van der Waals surface area contributed by atoms with Gasteiger partial charge in [-0.15, -0.1) is 24.3 Å². The summed E-state index contributed by atoms with van der Waals surface area (Å²) in [7, 11) is -3.55. The van der Waals surface area contributed by atoms with Crippen LogP contribution in [0, 0.1) is 48.2 Å². The molecule has 6 aromatic rings. The number of anilines is 1. The Morgan fingerprint density at radius 1 is 0.744 bits per heavy atom. The van der Waals surface area contributed by atoms with Crippen molar-refractivity contribution in [2.45, 2.75) is 51.5 Å². The molecular formula is C56H56F4IrN8O8S-2. The van der Waals surface area contributed by atoms with Gasteiger partial charge in [-0.1, -0.05) is 47.5 Å². The van der Waals surface area contributed by atoms with Gasteiger partial charge in [0.2, 0.25) is 11.8 Å². The van der Waals surface area contributed by atoms with Crippen LogP contribution in [0.1, 0.15) is 44.1 Å². The molecule has 2 aliphatic heterocycles. The molecule has 2 aromatic carbocycles. The Bertz CT molecular complexity index is 3040. The van der Waals surface area contributed by atoms with Crippen LogP contribution in [0.4, 0.5) is 23.2 Å². The quantitative estimate of drug-likeness (QED) is 0.0321. The van der Waals surface area contributed by atoms with Gasteiger partial charge < -0.3 is 30.2 Å². The molecule has 2 N–H and O–H groups in total. The number of hydrogen-bond donors (Lipinski definition) is 2. The number of benzene rings is 2. The second kappa shape index (κ2) is 30.5. The predicted molar refractivity (Wildman–Crippen MR) is 279 cm³/mol. The van der Waals surface area contributed by atoms with Crippen molar-refractivity contribution in [3.63, 3.8) is 0 Å². The average Bonchev–Trinajstić information content (AvgIpc) is 4.05.